The zero-order chi connectivity index (χ0) is 14.6. The van der Waals surface area contributed by atoms with Crippen LogP contribution >= 0.6 is 0 Å². The van der Waals surface area contributed by atoms with Gasteiger partial charge in [0.15, 0.2) is 5.69 Å². The van der Waals surface area contributed by atoms with E-state index in [1.807, 2.05) is 13.8 Å². The summed E-state index contributed by atoms with van der Waals surface area (Å²) in [5, 5.41) is 2.56. The molecule has 0 aliphatic heterocycles. The van der Waals surface area contributed by atoms with E-state index in [9.17, 15) is 13.2 Å². The van der Waals surface area contributed by atoms with Gasteiger partial charge in [-0.25, -0.2) is 4.98 Å². The Balaban J connectivity index is 3.13. The summed E-state index contributed by atoms with van der Waals surface area (Å²) in [6.45, 7) is 3.99. The minimum absolute atomic E-state index is 0.0274. The number of nitrogens with zero attached hydrogens (tertiary/aromatic N) is 3. The van der Waals surface area contributed by atoms with E-state index < -0.39 is 11.9 Å². The summed E-state index contributed by atoms with van der Waals surface area (Å²) >= 11 is 0. The van der Waals surface area contributed by atoms with Gasteiger partial charge in [-0.1, -0.05) is 13.3 Å². The SMILES string of the molecule is CCCC(C)N(C)c1cc(C(F)(F)F)nc(NC)n1. The van der Waals surface area contributed by atoms with Crippen molar-refractivity contribution in [3.05, 3.63) is 11.8 Å². The highest BCUT2D eigenvalue weighted by atomic mass is 19.4. The molecule has 0 fully saturated rings. The van der Waals surface area contributed by atoms with Gasteiger partial charge in [0, 0.05) is 26.2 Å². The van der Waals surface area contributed by atoms with Gasteiger partial charge in [-0.05, 0) is 13.3 Å². The smallest absolute Gasteiger partial charge is 0.357 e. The molecule has 1 rings (SSSR count). The van der Waals surface area contributed by atoms with Crippen LogP contribution in [0, 0.1) is 0 Å². The van der Waals surface area contributed by atoms with Gasteiger partial charge >= 0.3 is 6.18 Å². The van der Waals surface area contributed by atoms with Gasteiger partial charge < -0.3 is 10.2 Å². The first kappa shape index (κ1) is 15.5. The molecule has 1 unspecified atom stereocenters. The van der Waals surface area contributed by atoms with E-state index in [-0.39, 0.29) is 17.8 Å². The quantitative estimate of drug-likeness (QED) is 0.897. The van der Waals surface area contributed by atoms with E-state index in [4.69, 9.17) is 0 Å². The molecule has 0 bridgehead atoms. The van der Waals surface area contributed by atoms with Gasteiger partial charge in [-0.15, -0.1) is 0 Å². The minimum atomic E-state index is -4.47. The predicted octanol–water partition coefficient (Wildman–Crippen LogP) is 3.16. The predicted molar refractivity (Wildman–Crippen MR) is 69.4 cm³/mol. The third-order valence-electron chi connectivity index (χ3n) is 2.96. The Morgan fingerprint density at radius 3 is 2.47 bits per heavy atom. The molecule has 1 N–H and O–H groups in total. The van der Waals surface area contributed by atoms with E-state index in [0.717, 1.165) is 18.9 Å². The van der Waals surface area contributed by atoms with Gasteiger partial charge in [0.05, 0.1) is 0 Å². The van der Waals surface area contributed by atoms with E-state index in [1.54, 1.807) is 11.9 Å². The van der Waals surface area contributed by atoms with Crippen molar-refractivity contribution in [3.8, 4) is 0 Å². The molecule has 108 valence electrons. The lowest BCUT2D eigenvalue weighted by molar-refractivity contribution is -0.141. The molecule has 1 atom stereocenters. The summed E-state index contributed by atoms with van der Waals surface area (Å²) in [5.41, 5.74) is -0.933. The van der Waals surface area contributed by atoms with Gasteiger partial charge in [0.1, 0.15) is 5.82 Å². The van der Waals surface area contributed by atoms with Gasteiger partial charge in [0.25, 0.3) is 0 Å². The van der Waals surface area contributed by atoms with Crippen LogP contribution in [0.1, 0.15) is 32.4 Å². The largest absolute Gasteiger partial charge is 0.433 e. The molecule has 0 spiro atoms. The fourth-order valence-electron chi connectivity index (χ4n) is 1.71. The maximum absolute atomic E-state index is 12.8. The number of nitrogens with one attached hydrogen (secondary N) is 1. The summed E-state index contributed by atoms with van der Waals surface area (Å²) < 4.78 is 38.3. The average Bonchev–Trinajstić information content (AvgIpc) is 2.36. The normalized spacial score (nSPS) is 13.2. The number of anilines is 2. The lowest BCUT2D eigenvalue weighted by Gasteiger charge is -2.26. The van der Waals surface area contributed by atoms with Crippen LogP contribution in [0.4, 0.5) is 24.9 Å². The summed E-state index contributed by atoms with van der Waals surface area (Å²) in [7, 11) is 3.23. The van der Waals surface area contributed by atoms with Crippen LogP contribution in [0.15, 0.2) is 6.07 Å². The second kappa shape index (κ2) is 6.08. The maximum atomic E-state index is 12.8. The number of hydrogen-bond acceptors (Lipinski definition) is 4. The van der Waals surface area contributed by atoms with E-state index >= 15 is 0 Å². The summed E-state index contributed by atoms with van der Waals surface area (Å²) in [6.07, 6.45) is -2.63. The Bertz CT molecular complexity index is 420. The molecule has 19 heavy (non-hydrogen) atoms. The Morgan fingerprint density at radius 1 is 1.37 bits per heavy atom. The van der Waals surface area contributed by atoms with Crippen LogP contribution in [0.3, 0.4) is 0 Å². The zero-order valence-electron chi connectivity index (χ0n) is 11.5. The Labute approximate surface area is 111 Å². The van der Waals surface area contributed by atoms with Crippen molar-refractivity contribution in [3.63, 3.8) is 0 Å². The molecule has 0 radical (unpaired) electrons. The highest BCUT2D eigenvalue weighted by Crippen LogP contribution is 2.30. The third-order valence-corrected chi connectivity index (χ3v) is 2.96. The second-order valence-corrected chi connectivity index (χ2v) is 4.43. The van der Waals surface area contributed by atoms with Crippen molar-refractivity contribution in [2.45, 2.75) is 38.9 Å². The van der Waals surface area contributed by atoms with E-state index in [2.05, 4.69) is 15.3 Å². The van der Waals surface area contributed by atoms with Crippen LogP contribution in [-0.2, 0) is 6.18 Å². The van der Waals surface area contributed by atoms with Crippen LogP contribution in [0.25, 0.3) is 0 Å². The molecule has 0 aliphatic rings. The van der Waals surface area contributed by atoms with Crippen LogP contribution in [0.5, 0.6) is 0 Å². The fraction of sp³-hybridized carbons (Fsp3) is 0.667. The van der Waals surface area contributed by atoms with Crippen LogP contribution < -0.4 is 10.2 Å². The van der Waals surface area contributed by atoms with Crippen molar-refractivity contribution >= 4 is 11.8 Å². The Morgan fingerprint density at radius 2 is 2.00 bits per heavy atom. The van der Waals surface area contributed by atoms with Gasteiger partial charge in [0.2, 0.25) is 5.95 Å². The molecular weight excluding hydrogens is 257 g/mol. The second-order valence-electron chi connectivity index (χ2n) is 4.43. The molecular formula is C12H19F3N4. The monoisotopic (exact) mass is 276 g/mol. The van der Waals surface area contributed by atoms with Crippen molar-refractivity contribution in [2.24, 2.45) is 0 Å². The lowest BCUT2D eigenvalue weighted by Crippen LogP contribution is -2.30. The number of halogens is 3. The first-order chi connectivity index (χ1) is 8.79. The molecule has 7 heteroatoms. The average molecular weight is 276 g/mol. The molecule has 0 aromatic carbocycles. The molecule has 1 aromatic rings. The third kappa shape index (κ3) is 3.97. The van der Waals surface area contributed by atoms with Crippen LogP contribution in [-0.4, -0.2) is 30.1 Å². The molecule has 0 saturated heterocycles. The van der Waals surface area contributed by atoms with Gasteiger partial charge in [-0.2, -0.15) is 18.2 Å². The maximum Gasteiger partial charge on any atom is 0.433 e. The standard InChI is InChI=1S/C12H19F3N4/c1-5-6-8(2)19(4)10-7-9(12(13,14)15)17-11(16-3)18-10/h7-8H,5-6H2,1-4H3,(H,16,17,18). The number of hydrogen-bond donors (Lipinski definition) is 1. The van der Waals surface area contributed by atoms with Crippen molar-refractivity contribution in [2.75, 3.05) is 24.3 Å². The zero-order valence-corrected chi connectivity index (χ0v) is 11.5. The molecule has 1 heterocycles. The first-order valence-electron chi connectivity index (χ1n) is 6.16. The number of aromatic nitrogens is 2. The van der Waals surface area contributed by atoms with Crippen molar-refractivity contribution in [1.29, 1.82) is 0 Å². The first-order valence-corrected chi connectivity index (χ1v) is 6.16. The van der Waals surface area contributed by atoms with Gasteiger partial charge in [-0.3, -0.25) is 0 Å². The lowest BCUT2D eigenvalue weighted by atomic mass is 10.2. The summed E-state index contributed by atoms with van der Waals surface area (Å²) in [6, 6.07) is 1.10. The molecule has 0 amide bonds. The summed E-state index contributed by atoms with van der Waals surface area (Å²) in [4.78, 5) is 9.25. The van der Waals surface area contributed by atoms with E-state index in [0.29, 0.717) is 0 Å². The Kier molecular flexibility index (Phi) is 4.97. The number of rotatable bonds is 5. The summed E-state index contributed by atoms with van der Waals surface area (Å²) in [5.74, 6) is 0.244. The molecule has 0 aliphatic carbocycles. The minimum Gasteiger partial charge on any atom is -0.357 e. The topological polar surface area (TPSA) is 41.1 Å². The van der Waals surface area contributed by atoms with Crippen molar-refractivity contribution < 1.29 is 13.2 Å². The molecule has 1 aromatic heterocycles. The van der Waals surface area contributed by atoms with E-state index in [1.165, 1.54) is 7.05 Å². The Hall–Kier alpha value is -1.53. The highest BCUT2D eigenvalue weighted by Gasteiger charge is 2.34. The van der Waals surface area contributed by atoms with Crippen molar-refractivity contribution in [1.82, 2.24) is 9.97 Å². The van der Waals surface area contributed by atoms with Crippen LogP contribution in [0.2, 0.25) is 0 Å². The molecule has 4 nitrogen and oxygen atoms in total. The highest BCUT2D eigenvalue weighted by molar-refractivity contribution is 5.45. The number of alkyl halides is 3. The molecule has 0 saturated carbocycles. The fourth-order valence-corrected chi connectivity index (χ4v) is 1.71.